The Morgan fingerprint density at radius 3 is 2.48 bits per heavy atom. The van der Waals surface area contributed by atoms with Crippen LogP contribution in [0.2, 0.25) is 0 Å². The molecule has 0 spiro atoms. The van der Waals surface area contributed by atoms with Crippen molar-refractivity contribution in [2.75, 3.05) is 13.2 Å². The maximum absolute atomic E-state index is 13.9. The molecule has 0 radical (unpaired) electrons. The van der Waals surface area contributed by atoms with Crippen LogP contribution in [0.3, 0.4) is 0 Å². The lowest BCUT2D eigenvalue weighted by atomic mass is 9.96. The molecule has 4 aromatic carbocycles. The van der Waals surface area contributed by atoms with Crippen molar-refractivity contribution in [1.29, 1.82) is 0 Å². The Hall–Kier alpha value is -4.95. The molecule has 2 heterocycles. The molecule has 0 saturated heterocycles. The van der Waals surface area contributed by atoms with Gasteiger partial charge < -0.3 is 14.2 Å². The van der Waals surface area contributed by atoms with E-state index in [9.17, 15) is 9.59 Å². The third kappa shape index (κ3) is 5.68. The van der Waals surface area contributed by atoms with E-state index in [2.05, 4.69) is 29.3 Å². The number of rotatable bonds is 9. The predicted octanol–water partition coefficient (Wildman–Crippen LogP) is 5.93. The summed E-state index contributed by atoms with van der Waals surface area (Å²) < 4.78 is 19.7. The minimum Gasteiger partial charge on any atom is -0.490 e. The van der Waals surface area contributed by atoms with Crippen LogP contribution < -0.4 is 24.4 Å². The molecule has 0 saturated carbocycles. The average molecular weight is 605 g/mol. The number of thiazole rings is 1. The Bertz CT molecular complexity index is 2050. The van der Waals surface area contributed by atoms with Crippen LogP contribution in [0.4, 0.5) is 0 Å². The normalized spacial score (nSPS) is 14.7. The lowest BCUT2D eigenvalue weighted by molar-refractivity contribution is -0.139. The fourth-order valence-electron chi connectivity index (χ4n) is 5.47. The van der Waals surface area contributed by atoms with Gasteiger partial charge in [0.05, 0.1) is 35.1 Å². The molecule has 0 N–H and O–H groups in total. The van der Waals surface area contributed by atoms with Crippen LogP contribution in [0.25, 0.3) is 16.8 Å². The fourth-order valence-corrected chi connectivity index (χ4v) is 6.52. The van der Waals surface area contributed by atoms with E-state index >= 15 is 0 Å². The maximum atomic E-state index is 13.9. The molecule has 0 amide bonds. The Balaban J connectivity index is 1.37. The number of ether oxygens (including phenoxy) is 3. The van der Waals surface area contributed by atoms with Gasteiger partial charge in [-0.2, -0.15) is 0 Å². The number of hydrogen-bond donors (Lipinski definition) is 0. The number of aromatic nitrogens is 1. The van der Waals surface area contributed by atoms with Crippen molar-refractivity contribution in [3.05, 3.63) is 139 Å². The standard InChI is InChI=1S/C36H32N2O5S/c1-4-41-30-20-24(18-19-29(30)43-22-27-16-11-15-25-12-9-10-17-28(25)27)21-31-34(39)38-33(26-13-7-6-8-14-26)32(35(40)42-5-2)23(3)37-36(38)44-31/h6-21,33H,4-5,22H2,1-3H3/b31-21+. The van der Waals surface area contributed by atoms with E-state index in [1.54, 1.807) is 18.4 Å². The van der Waals surface area contributed by atoms with Gasteiger partial charge in [-0.25, -0.2) is 9.79 Å². The Labute approximate surface area is 259 Å². The monoisotopic (exact) mass is 604 g/mol. The molecule has 6 rings (SSSR count). The van der Waals surface area contributed by atoms with Crippen LogP contribution in [0.15, 0.2) is 112 Å². The van der Waals surface area contributed by atoms with Gasteiger partial charge >= 0.3 is 5.97 Å². The van der Waals surface area contributed by atoms with E-state index in [1.807, 2.05) is 79.7 Å². The number of carbonyl (C=O) groups excluding carboxylic acids is 1. The molecule has 1 aromatic heterocycles. The minimum atomic E-state index is -0.641. The summed E-state index contributed by atoms with van der Waals surface area (Å²) in [6, 6.07) is 28.9. The molecule has 8 heteroatoms. The van der Waals surface area contributed by atoms with E-state index in [0.717, 1.165) is 27.5 Å². The van der Waals surface area contributed by atoms with Gasteiger partial charge in [0.2, 0.25) is 0 Å². The van der Waals surface area contributed by atoms with Crippen molar-refractivity contribution in [2.24, 2.45) is 4.99 Å². The van der Waals surface area contributed by atoms with Crippen molar-refractivity contribution in [1.82, 2.24) is 4.57 Å². The van der Waals surface area contributed by atoms with Crippen LogP contribution in [0.5, 0.6) is 11.5 Å². The van der Waals surface area contributed by atoms with Gasteiger partial charge in [0, 0.05) is 0 Å². The van der Waals surface area contributed by atoms with Gasteiger partial charge in [0.1, 0.15) is 6.61 Å². The number of esters is 1. The average Bonchev–Trinajstić information content (AvgIpc) is 3.34. The summed E-state index contributed by atoms with van der Waals surface area (Å²) in [7, 11) is 0. The second-order valence-corrected chi connectivity index (χ2v) is 11.3. The second-order valence-electron chi connectivity index (χ2n) is 10.3. The highest BCUT2D eigenvalue weighted by atomic mass is 32.1. The summed E-state index contributed by atoms with van der Waals surface area (Å²) in [4.78, 5) is 32.2. The first-order chi connectivity index (χ1) is 21.5. The predicted molar refractivity (Wildman–Crippen MR) is 173 cm³/mol. The third-order valence-corrected chi connectivity index (χ3v) is 8.44. The molecule has 1 aliphatic heterocycles. The molecular formula is C36H32N2O5S. The number of allylic oxidation sites excluding steroid dienone is 1. The van der Waals surface area contributed by atoms with Crippen LogP contribution in [0, 0.1) is 0 Å². The number of hydrogen-bond acceptors (Lipinski definition) is 7. The van der Waals surface area contributed by atoms with Gasteiger partial charge in [-0.15, -0.1) is 0 Å². The summed E-state index contributed by atoms with van der Waals surface area (Å²) in [6.45, 7) is 6.55. The molecule has 1 atom stereocenters. The van der Waals surface area contributed by atoms with Gasteiger partial charge in [0.15, 0.2) is 16.3 Å². The smallest absolute Gasteiger partial charge is 0.338 e. The third-order valence-electron chi connectivity index (χ3n) is 7.46. The Morgan fingerprint density at radius 1 is 0.909 bits per heavy atom. The molecule has 0 aliphatic carbocycles. The van der Waals surface area contributed by atoms with E-state index in [0.29, 0.717) is 45.3 Å². The zero-order valence-corrected chi connectivity index (χ0v) is 25.6. The van der Waals surface area contributed by atoms with Crippen LogP contribution >= 0.6 is 11.3 Å². The highest BCUT2D eigenvalue weighted by molar-refractivity contribution is 7.07. The highest BCUT2D eigenvalue weighted by Gasteiger charge is 2.33. The van der Waals surface area contributed by atoms with Crippen molar-refractivity contribution >= 4 is 34.2 Å². The number of nitrogens with zero attached hydrogens (tertiary/aromatic N) is 2. The molecule has 1 unspecified atom stereocenters. The molecule has 222 valence electrons. The summed E-state index contributed by atoms with van der Waals surface area (Å²) in [5, 5.41) is 2.31. The SMILES string of the molecule is CCOC(=O)C1=C(C)N=c2s/c(=C/c3ccc(OCc4cccc5ccccc45)c(OCC)c3)c(=O)n2C1c1ccccc1. The van der Waals surface area contributed by atoms with E-state index < -0.39 is 12.0 Å². The zero-order chi connectivity index (χ0) is 30.6. The number of fused-ring (bicyclic) bond motifs is 2. The van der Waals surface area contributed by atoms with Crippen molar-refractivity contribution in [3.63, 3.8) is 0 Å². The summed E-state index contributed by atoms with van der Waals surface area (Å²) in [5.41, 5.74) is 3.35. The van der Waals surface area contributed by atoms with E-state index in [4.69, 9.17) is 14.2 Å². The van der Waals surface area contributed by atoms with E-state index in [-0.39, 0.29) is 12.2 Å². The first-order valence-corrected chi connectivity index (χ1v) is 15.4. The Morgan fingerprint density at radius 2 is 1.68 bits per heavy atom. The van der Waals surface area contributed by atoms with E-state index in [1.165, 1.54) is 11.3 Å². The van der Waals surface area contributed by atoms with Crippen LogP contribution in [-0.2, 0) is 16.1 Å². The molecule has 5 aromatic rings. The first kappa shape index (κ1) is 29.1. The molecular weight excluding hydrogens is 572 g/mol. The van der Waals surface area contributed by atoms with Crippen molar-refractivity contribution in [3.8, 4) is 11.5 Å². The lowest BCUT2D eigenvalue weighted by Gasteiger charge is -2.24. The van der Waals surface area contributed by atoms with Crippen LogP contribution in [0.1, 0.15) is 43.5 Å². The highest BCUT2D eigenvalue weighted by Crippen LogP contribution is 2.32. The molecule has 0 fully saturated rings. The van der Waals surface area contributed by atoms with Gasteiger partial charge in [-0.1, -0.05) is 90.2 Å². The summed E-state index contributed by atoms with van der Waals surface area (Å²) >= 11 is 1.29. The first-order valence-electron chi connectivity index (χ1n) is 14.6. The molecule has 1 aliphatic rings. The lowest BCUT2D eigenvalue weighted by Crippen LogP contribution is -2.39. The molecule has 0 bridgehead atoms. The maximum Gasteiger partial charge on any atom is 0.338 e. The molecule has 44 heavy (non-hydrogen) atoms. The van der Waals surface area contributed by atoms with Crippen molar-refractivity contribution < 1.29 is 19.0 Å². The minimum absolute atomic E-state index is 0.228. The Kier molecular flexibility index (Phi) is 8.43. The van der Waals surface area contributed by atoms with Gasteiger partial charge in [-0.3, -0.25) is 9.36 Å². The quantitative estimate of drug-likeness (QED) is 0.195. The van der Waals surface area contributed by atoms with Gasteiger partial charge in [0.25, 0.3) is 5.56 Å². The number of carbonyl (C=O) groups is 1. The van der Waals surface area contributed by atoms with Crippen molar-refractivity contribution in [2.45, 2.75) is 33.4 Å². The zero-order valence-electron chi connectivity index (χ0n) is 24.8. The summed E-state index contributed by atoms with van der Waals surface area (Å²) in [6.07, 6.45) is 1.83. The number of benzene rings is 4. The largest absolute Gasteiger partial charge is 0.490 e. The topological polar surface area (TPSA) is 79.1 Å². The second kappa shape index (κ2) is 12.7. The summed E-state index contributed by atoms with van der Waals surface area (Å²) in [5.74, 6) is 0.742. The molecule has 7 nitrogen and oxygen atoms in total. The fraction of sp³-hybridized carbons (Fsp3) is 0.194. The van der Waals surface area contributed by atoms with Crippen LogP contribution in [-0.4, -0.2) is 23.8 Å². The van der Waals surface area contributed by atoms with Gasteiger partial charge in [-0.05, 0) is 66.4 Å².